The number of anilines is 1. The number of carbonyl (C=O) groups is 3. The van der Waals surface area contributed by atoms with Gasteiger partial charge in [-0.3, -0.25) is 19.3 Å². The highest BCUT2D eigenvalue weighted by atomic mass is 16.3. The third-order valence-corrected chi connectivity index (χ3v) is 9.96. The fourth-order valence-electron chi connectivity index (χ4n) is 8.22. The normalized spacial score (nSPS) is 27.9. The van der Waals surface area contributed by atoms with E-state index in [1.54, 1.807) is 25.1 Å². The number of amides is 1. The Kier molecular flexibility index (Phi) is 8.12. The van der Waals surface area contributed by atoms with Gasteiger partial charge in [-0.25, -0.2) is 0 Å². The van der Waals surface area contributed by atoms with Crippen LogP contribution in [0.15, 0.2) is 28.7 Å². The minimum atomic E-state index is -2.65. The van der Waals surface area contributed by atoms with Gasteiger partial charge < -0.3 is 36.0 Å². The SMILES string of the molecule is CN(Cc1cc(O)c2c(c1N(C)C)C[C@H]1C[C@H]3[C@H](N(C)C)C(O)=C(C(N)=O)C(=O)[C@@]3(O)C(O)=C1C2=O)CC1CCCCC1. The van der Waals surface area contributed by atoms with Crippen LogP contribution in [-0.4, -0.2) is 101 Å². The van der Waals surface area contributed by atoms with Crippen molar-refractivity contribution in [2.45, 2.75) is 63.1 Å². The van der Waals surface area contributed by atoms with Crippen LogP contribution in [0.25, 0.3) is 0 Å². The number of benzene rings is 1. The highest BCUT2D eigenvalue weighted by Gasteiger charge is 2.63. The smallest absolute Gasteiger partial charge is 0.255 e. The molecule has 0 aliphatic heterocycles. The first-order valence-corrected chi connectivity index (χ1v) is 15.1. The van der Waals surface area contributed by atoms with E-state index in [0.717, 1.165) is 17.8 Å². The molecule has 0 unspecified atom stereocenters. The van der Waals surface area contributed by atoms with Crippen molar-refractivity contribution < 1.29 is 34.8 Å². The zero-order valence-corrected chi connectivity index (χ0v) is 25.7. The van der Waals surface area contributed by atoms with Gasteiger partial charge in [0.05, 0.1) is 11.6 Å². The Labute approximate surface area is 252 Å². The number of primary amides is 1. The number of rotatable bonds is 7. The Hall–Kier alpha value is -3.41. The zero-order chi connectivity index (χ0) is 31.5. The first-order chi connectivity index (χ1) is 20.2. The number of nitrogens with two attached hydrogens (primary N) is 1. The molecular weight excluding hydrogens is 552 g/mol. The minimum absolute atomic E-state index is 0.0307. The summed E-state index contributed by atoms with van der Waals surface area (Å²) in [5, 5.41) is 45.5. The van der Waals surface area contributed by atoms with E-state index in [0.29, 0.717) is 18.0 Å². The van der Waals surface area contributed by atoms with Crippen LogP contribution >= 0.6 is 0 Å². The van der Waals surface area contributed by atoms with E-state index in [-0.39, 0.29) is 29.7 Å². The Morgan fingerprint density at radius 3 is 2.28 bits per heavy atom. The standard InChI is InChI=1S/C32H44N4O7/c1-34(2)25-18(15-36(5)14-16-9-7-6-8-10-16)13-21(37)23-19(25)11-17-12-20-26(35(3)4)28(39)24(31(33)42)30(41)32(20,43)29(40)22(17)27(23)38/h13,16-17,20,26,37,39-40,43H,6-12,14-15H2,1-5H3,(H2,33,42)/t17-,20-,26-,32-/m0/s1. The van der Waals surface area contributed by atoms with Crippen LogP contribution in [0.1, 0.15) is 60.0 Å². The van der Waals surface area contributed by atoms with Crippen molar-refractivity contribution in [3.05, 3.63) is 45.4 Å². The predicted octanol–water partition coefficient (Wildman–Crippen LogP) is 2.20. The molecule has 4 atom stereocenters. The molecule has 11 heteroatoms. The second-order valence-corrected chi connectivity index (χ2v) is 13.3. The minimum Gasteiger partial charge on any atom is -0.510 e. The number of likely N-dealkylation sites (N-methyl/N-ethyl adjacent to an activating group) is 1. The van der Waals surface area contributed by atoms with Gasteiger partial charge in [-0.1, -0.05) is 19.3 Å². The van der Waals surface area contributed by atoms with Crippen molar-refractivity contribution in [3.63, 3.8) is 0 Å². The van der Waals surface area contributed by atoms with Gasteiger partial charge in [-0.05, 0) is 75.9 Å². The molecule has 234 valence electrons. The van der Waals surface area contributed by atoms with Gasteiger partial charge in [0.25, 0.3) is 5.91 Å². The maximum atomic E-state index is 14.1. The number of allylic oxidation sites excluding steroid dienone is 1. The Morgan fingerprint density at radius 2 is 1.70 bits per heavy atom. The molecule has 0 spiro atoms. The second kappa shape index (κ2) is 11.3. The number of nitrogens with zero attached hydrogens (tertiary/aromatic N) is 3. The molecule has 0 radical (unpaired) electrons. The maximum Gasteiger partial charge on any atom is 0.255 e. The van der Waals surface area contributed by atoms with Gasteiger partial charge in [0.1, 0.15) is 22.8 Å². The summed E-state index contributed by atoms with van der Waals surface area (Å²) in [5.74, 6) is -5.84. The van der Waals surface area contributed by atoms with E-state index in [1.165, 1.54) is 32.1 Å². The van der Waals surface area contributed by atoms with Crippen LogP contribution in [0.4, 0.5) is 5.69 Å². The molecule has 0 bridgehead atoms. The Morgan fingerprint density at radius 1 is 1.05 bits per heavy atom. The fraction of sp³-hybridized carbons (Fsp3) is 0.594. The summed E-state index contributed by atoms with van der Waals surface area (Å²) in [7, 11) is 9.08. The lowest BCUT2D eigenvalue weighted by molar-refractivity contribution is -0.148. The third kappa shape index (κ3) is 4.91. The molecule has 1 aromatic rings. The summed E-state index contributed by atoms with van der Waals surface area (Å²) < 4.78 is 0. The highest BCUT2D eigenvalue weighted by molar-refractivity contribution is 6.24. The van der Waals surface area contributed by atoms with Crippen LogP contribution in [0.3, 0.4) is 0 Å². The van der Waals surface area contributed by atoms with Gasteiger partial charge in [0, 0.05) is 44.4 Å². The highest BCUT2D eigenvalue weighted by Crippen LogP contribution is 2.53. The number of aromatic hydroxyl groups is 1. The number of ketones is 2. The molecule has 5 rings (SSSR count). The van der Waals surface area contributed by atoms with Gasteiger partial charge in [-0.2, -0.15) is 0 Å². The molecule has 0 saturated heterocycles. The van der Waals surface area contributed by atoms with Crippen molar-refractivity contribution in [1.82, 2.24) is 9.80 Å². The molecule has 6 N–H and O–H groups in total. The molecule has 1 aromatic carbocycles. The summed E-state index contributed by atoms with van der Waals surface area (Å²) in [4.78, 5) is 45.5. The molecule has 4 aliphatic rings. The lowest BCUT2D eigenvalue weighted by Crippen LogP contribution is -2.63. The number of fused-ring (bicyclic) bond motifs is 3. The molecular formula is C32H44N4O7. The third-order valence-electron chi connectivity index (χ3n) is 9.96. The van der Waals surface area contributed by atoms with Crippen molar-refractivity contribution in [3.8, 4) is 5.75 Å². The van der Waals surface area contributed by atoms with Crippen molar-refractivity contribution in [2.75, 3.05) is 46.7 Å². The fourth-order valence-corrected chi connectivity index (χ4v) is 8.22. The number of hydrogen-bond donors (Lipinski definition) is 5. The maximum absolute atomic E-state index is 14.1. The quantitative estimate of drug-likeness (QED) is 0.294. The molecule has 4 aliphatic carbocycles. The van der Waals surface area contributed by atoms with E-state index in [2.05, 4.69) is 11.9 Å². The van der Waals surface area contributed by atoms with Gasteiger partial charge in [0.15, 0.2) is 11.4 Å². The average Bonchev–Trinajstić information content (AvgIpc) is 2.90. The summed E-state index contributed by atoms with van der Waals surface area (Å²) in [5.41, 5.74) is 4.17. The van der Waals surface area contributed by atoms with Gasteiger partial charge in [0.2, 0.25) is 5.78 Å². The molecule has 0 aromatic heterocycles. The van der Waals surface area contributed by atoms with E-state index in [9.17, 15) is 34.8 Å². The molecule has 1 amide bonds. The number of carbonyl (C=O) groups excluding carboxylic acids is 3. The van der Waals surface area contributed by atoms with Gasteiger partial charge >= 0.3 is 0 Å². The topological polar surface area (TPSA) is 168 Å². The zero-order valence-electron chi connectivity index (χ0n) is 25.7. The molecule has 43 heavy (non-hydrogen) atoms. The van der Waals surface area contributed by atoms with E-state index >= 15 is 0 Å². The first kappa shape index (κ1) is 31.0. The van der Waals surface area contributed by atoms with Crippen LogP contribution in [0.2, 0.25) is 0 Å². The first-order valence-electron chi connectivity index (χ1n) is 15.1. The van der Waals surface area contributed by atoms with E-state index in [1.807, 2.05) is 19.0 Å². The lowest BCUT2D eigenvalue weighted by atomic mass is 9.58. The Bertz CT molecular complexity index is 1420. The molecule has 11 nitrogen and oxygen atoms in total. The average molecular weight is 597 g/mol. The van der Waals surface area contributed by atoms with Crippen LogP contribution < -0.4 is 10.6 Å². The number of hydrogen-bond acceptors (Lipinski definition) is 10. The summed E-state index contributed by atoms with van der Waals surface area (Å²) >= 11 is 0. The van der Waals surface area contributed by atoms with Crippen LogP contribution in [0, 0.1) is 17.8 Å². The predicted molar refractivity (Wildman–Crippen MR) is 161 cm³/mol. The summed E-state index contributed by atoms with van der Waals surface area (Å²) in [6.07, 6.45) is 6.54. The lowest BCUT2D eigenvalue weighted by Gasteiger charge is -2.50. The molecule has 0 heterocycles. The largest absolute Gasteiger partial charge is 0.510 e. The number of aliphatic hydroxyl groups is 3. The number of aliphatic hydroxyl groups excluding tert-OH is 2. The van der Waals surface area contributed by atoms with Crippen LogP contribution in [0.5, 0.6) is 5.75 Å². The van der Waals surface area contributed by atoms with Crippen molar-refractivity contribution in [2.24, 2.45) is 23.5 Å². The summed E-state index contributed by atoms with van der Waals surface area (Å²) in [6, 6.07) is 0.577. The van der Waals surface area contributed by atoms with E-state index < -0.39 is 58.0 Å². The Balaban J connectivity index is 1.59. The number of Topliss-reactive ketones (excluding diaryl/α,β-unsaturated/α-hetero) is 2. The second-order valence-electron chi connectivity index (χ2n) is 13.3. The number of phenolic OH excluding ortho intramolecular Hbond substituents is 1. The van der Waals surface area contributed by atoms with Crippen molar-refractivity contribution in [1.29, 1.82) is 0 Å². The van der Waals surface area contributed by atoms with Crippen molar-refractivity contribution >= 4 is 23.2 Å². The van der Waals surface area contributed by atoms with Gasteiger partial charge in [-0.15, -0.1) is 0 Å². The number of phenols is 1. The monoisotopic (exact) mass is 596 g/mol. The van der Waals surface area contributed by atoms with E-state index in [4.69, 9.17) is 5.73 Å². The summed E-state index contributed by atoms with van der Waals surface area (Å²) in [6.45, 7) is 1.52. The molecule has 1 fully saturated rings. The van der Waals surface area contributed by atoms with Crippen LogP contribution in [-0.2, 0) is 22.6 Å². The molecule has 1 saturated carbocycles.